The second-order valence-corrected chi connectivity index (χ2v) is 5.47. The molecule has 2 nitrogen and oxygen atoms in total. The average Bonchev–Trinajstić information content (AvgIpc) is 2.46. The van der Waals surface area contributed by atoms with Crippen molar-refractivity contribution in [3.05, 3.63) is 70.2 Å². The minimum Gasteiger partial charge on any atom is -0.327 e. The highest BCUT2D eigenvalue weighted by molar-refractivity contribution is 6.30. The van der Waals surface area contributed by atoms with Gasteiger partial charge in [-0.2, -0.15) is 5.26 Å². The summed E-state index contributed by atoms with van der Waals surface area (Å²) in [6.07, 6.45) is 0.837. The molecule has 0 aliphatic heterocycles. The number of benzene rings is 2. The van der Waals surface area contributed by atoms with E-state index >= 15 is 0 Å². The summed E-state index contributed by atoms with van der Waals surface area (Å²) in [5.74, 6) is 0.185. The molecule has 0 bridgehead atoms. The molecule has 0 saturated heterocycles. The highest BCUT2D eigenvalue weighted by Gasteiger charge is 2.17. The van der Waals surface area contributed by atoms with E-state index in [2.05, 4.69) is 6.07 Å². The van der Waals surface area contributed by atoms with E-state index in [9.17, 15) is 0 Å². The summed E-state index contributed by atoms with van der Waals surface area (Å²) in [6, 6.07) is 17.7. The molecule has 2 aromatic rings. The van der Waals surface area contributed by atoms with Crippen LogP contribution in [0.3, 0.4) is 0 Å². The number of hydrogen-bond acceptors (Lipinski definition) is 2. The molecule has 2 atom stereocenters. The van der Waals surface area contributed by atoms with Crippen LogP contribution >= 0.6 is 24.0 Å². The number of halogens is 2. The molecule has 0 aromatic heterocycles. The molecular weight excluding hydrogens is 303 g/mol. The van der Waals surface area contributed by atoms with Gasteiger partial charge in [0.25, 0.3) is 0 Å². The molecular formula is C17H18Cl2N2. The number of nitriles is 1. The first-order chi connectivity index (χ1) is 9.60. The van der Waals surface area contributed by atoms with E-state index in [0.717, 1.165) is 17.0 Å². The molecule has 0 heterocycles. The molecule has 2 N–H and O–H groups in total. The van der Waals surface area contributed by atoms with E-state index < -0.39 is 0 Å². The fraction of sp³-hybridized carbons (Fsp3) is 0.235. The first-order valence-electron chi connectivity index (χ1n) is 6.60. The van der Waals surface area contributed by atoms with Crippen molar-refractivity contribution in [3.8, 4) is 6.07 Å². The Morgan fingerprint density at radius 3 is 2.43 bits per heavy atom. The zero-order valence-electron chi connectivity index (χ0n) is 11.8. The van der Waals surface area contributed by atoms with Gasteiger partial charge in [-0.25, -0.2) is 0 Å². The SMILES string of the molecule is CC(N)[C@@H](Cc1ccc(Cl)cc1)c1cccc(C#N)c1.Cl. The smallest absolute Gasteiger partial charge is 0.0991 e. The number of nitrogens with zero attached hydrogens (tertiary/aromatic N) is 1. The Morgan fingerprint density at radius 2 is 1.86 bits per heavy atom. The van der Waals surface area contributed by atoms with E-state index in [1.807, 2.05) is 55.5 Å². The summed E-state index contributed by atoms with van der Waals surface area (Å²) in [6.45, 7) is 2.00. The highest BCUT2D eigenvalue weighted by atomic mass is 35.5. The Hall–Kier alpha value is -1.53. The fourth-order valence-corrected chi connectivity index (χ4v) is 2.45. The van der Waals surface area contributed by atoms with Crippen LogP contribution in [0.5, 0.6) is 0 Å². The third-order valence-corrected chi connectivity index (χ3v) is 3.70. The van der Waals surface area contributed by atoms with Crippen molar-refractivity contribution < 1.29 is 0 Å². The largest absolute Gasteiger partial charge is 0.327 e. The summed E-state index contributed by atoms with van der Waals surface area (Å²) in [5.41, 5.74) is 9.10. The van der Waals surface area contributed by atoms with Gasteiger partial charge in [0.2, 0.25) is 0 Å². The van der Waals surface area contributed by atoms with Gasteiger partial charge in [-0.3, -0.25) is 0 Å². The Kier molecular flexibility index (Phi) is 6.71. The summed E-state index contributed by atoms with van der Waals surface area (Å²) < 4.78 is 0. The lowest BCUT2D eigenvalue weighted by Gasteiger charge is -2.21. The molecule has 0 spiro atoms. The molecule has 0 radical (unpaired) electrons. The number of nitrogens with two attached hydrogens (primary N) is 1. The number of rotatable bonds is 4. The van der Waals surface area contributed by atoms with E-state index in [1.54, 1.807) is 0 Å². The Labute approximate surface area is 137 Å². The van der Waals surface area contributed by atoms with E-state index in [1.165, 1.54) is 5.56 Å². The van der Waals surface area contributed by atoms with Crippen LogP contribution in [0.1, 0.15) is 29.5 Å². The van der Waals surface area contributed by atoms with Gasteiger partial charge >= 0.3 is 0 Å². The molecule has 0 aliphatic carbocycles. The minimum absolute atomic E-state index is 0. The minimum atomic E-state index is 0. The number of hydrogen-bond donors (Lipinski definition) is 1. The van der Waals surface area contributed by atoms with Gasteiger partial charge in [-0.05, 0) is 48.7 Å². The quantitative estimate of drug-likeness (QED) is 0.912. The molecule has 1 unspecified atom stereocenters. The maximum absolute atomic E-state index is 9.01. The maximum atomic E-state index is 9.01. The van der Waals surface area contributed by atoms with Gasteiger partial charge < -0.3 is 5.73 Å². The summed E-state index contributed by atoms with van der Waals surface area (Å²) in [5, 5.41) is 9.74. The molecule has 0 saturated carbocycles. The zero-order chi connectivity index (χ0) is 14.5. The van der Waals surface area contributed by atoms with Crippen LogP contribution in [0.15, 0.2) is 48.5 Å². The van der Waals surface area contributed by atoms with Gasteiger partial charge in [-0.1, -0.05) is 35.9 Å². The van der Waals surface area contributed by atoms with Crippen LogP contribution in [0, 0.1) is 11.3 Å². The molecule has 0 amide bonds. The van der Waals surface area contributed by atoms with Crippen LogP contribution in [0.2, 0.25) is 5.02 Å². The topological polar surface area (TPSA) is 49.8 Å². The van der Waals surface area contributed by atoms with Gasteiger partial charge in [-0.15, -0.1) is 12.4 Å². The molecule has 4 heteroatoms. The average molecular weight is 321 g/mol. The van der Waals surface area contributed by atoms with Gasteiger partial charge in [0, 0.05) is 17.0 Å². The van der Waals surface area contributed by atoms with E-state index in [0.29, 0.717) is 5.56 Å². The molecule has 2 aromatic carbocycles. The summed E-state index contributed by atoms with van der Waals surface area (Å²) >= 11 is 5.91. The van der Waals surface area contributed by atoms with Crippen molar-refractivity contribution in [2.75, 3.05) is 0 Å². The Morgan fingerprint density at radius 1 is 1.19 bits per heavy atom. The van der Waals surface area contributed by atoms with Crippen molar-refractivity contribution in [2.24, 2.45) is 5.73 Å². The lowest BCUT2D eigenvalue weighted by molar-refractivity contribution is 0.565. The lowest BCUT2D eigenvalue weighted by Crippen LogP contribution is -2.26. The Balaban J connectivity index is 0.00000220. The molecule has 0 fully saturated rings. The first kappa shape index (κ1) is 17.5. The third kappa shape index (κ3) is 4.75. The maximum Gasteiger partial charge on any atom is 0.0991 e. The van der Waals surface area contributed by atoms with Crippen LogP contribution < -0.4 is 5.73 Å². The van der Waals surface area contributed by atoms with Crippen LogP contribution in [-0.2, 0) is 6.42 Å². The van der Waals surface area contributed by atoms with Crippen molar-refractivity contribution in [3.63, 3.8) is 0 Å². The fourth-order valence-electron chi connectivity index (χ4n) is 2.32. The van der Waals surface area contributed by atoms with E-state index in [-0.39, 0.29) is 24.4 Å². The Bertz CT molecular complexity index is 615. The third-order valence-electron chi connectivity index (χ3n) is 3.45. The molecule has 2 rings (SSSR count). The molecule has 21 heavy (non-hydrogen) atoms. The second kappa shape index (κ2) is 8.05. The van der Waals surface area contributed by atoms with Crippen molar-refractivity contribution >= 4 is 24.0 Å². The van der Waals surface area contributed by atoms with E-state index in [4.69, 9.17) is 22.6 Å². The predicted octanol–water partition coefficient (Wildman–Crippen LogP) is 4.31. The van der Waals surface area contributed by atoms with Crippen LogP contribution in [0.25, 0.3) is 0 Å². The van der Waals surface area contributed by atoms with Crippen LogP contribution in [-0.4, -0.2) is 6.04 Å². The first-order valence-corrected chi connectivity index (χ1v) is 6.98. The van der Waals surface area contributed by atoms with Crippen molar-refractivity contribution in [1.29, 1.82) is 5.26 Å². The van der Waals surface area contributed by atoms with Crippen LogP contribution in [0.4, 0.5) is 0 Å². The van der Waals surface area contributed by atoms with Crippen molar-refractivity contribution in [2.45, 2.75) is 25.3 Å². The second-order valence-electron chi connectivity index (χ2n) is 5.03. The normalized spacial score (nSPS) is 12.9. The van der Waals surface area contributed by atoms with Gasteiger partial charge in [0.1, 0.15) is 0 Å². The van der Waals surface area contributed by atoms with Gasteiger partial charge in [0.05, 0.1) is 11.6 Å². The molecule has 110 valence electrons. The van der Waals surface area contributed by atoms with Gasteiger partial charge in [0.15, 0.2) is 0 Å². The van der Waals surface area contributed by atoms with Crippen molar-refractivity contribution in [1.82, 2.24) is 0 Å². The summed E-state index contributed by atoms with van der Waals surface area (Å²) in [4.78, 5) is 0. The zero-order valence-corrected chi connectivity index (χ0v) is 13.4. The predicted molar refractivity (Wildman–Crippen MR) is 90.0 cm³/mol. The molecule has 0 aliphatic rings. The standard InChI is InChI=1S/C17H17ClN2.ClH/c1-12(20)17(10-13-5-7-16(18)8-6-13)15-4-2-3-14(9-15)11-19;/h2-9,12,17H,10,20H2,1H3;1H/t12?,17-;/m1./s1. The highest BCUT2D eigenvalue weighted by Crippen LogP contribution is 2.25. The summed E-state index contributed by atoms with van der Waals surface area (Å²) in [7, 11) is 0. The lowest BCUT2D eigenvalue weighted by atomic mass is 9.86. The monoisotopic (exact) mass is 320 g/mol.